The van der Waals surface area contributed by atoms with Crippen LogP contribution in [-0.4, -0.2) is 25.7 Å². The van der Waals surface area contributed by atoms with Gasteiger partial charge in [0.1, 0.15) is 18.5 Å². The first kappa shape index (κ1) is 32.2. The van der Waals surface area contributed by atoms with Gasteiger partial charge in [0.15, 0.2) is 19.0 Å². The summed E-state index contributed by atoms with van der Waals surface area (Å²) in [5.41, 5.74) is 2.21. The lowest BCUT2D eigenvalue weighted by Gasteiger charge is -2.24. The van der Waals surface area contributed by atoms with Gasteiger partial charge in [0.25, 0.3) is 5.91 Å². The maximum atomic E-state index is 12.3. The van der Waals surface area contributed by atoms with E-state index in [4.69, 9.17) is 9.47 Å². The fraction of sp³-hybridized carbons (Fsp3) is 0.600. The lowest BCUT2D eigenvalue weighted by molar-refractivity contribution is -0.671. The maximum absolute atomic E-state index is 12.3. The zero-order valence-electron chi connectivity index (χ0n) is 23.1. The molecule has 0 saturated heterocycles. The van der Waals surface area contributed by atoms with Gasteiger partial charge in [-0.1, -0.05) is 72.6 Å². The van der Waals surface area contributed by atoms with E-state index in [1.165, 1.54) is 50.5 Å². The molecule has 1 aromatic heterocycles. The van der Waals surface area contributed by atoms with Crippen molar-refractivity contribution in [3.05, 3.63) is 53.9 Å². The van der Waals surface area contributed by atoms with Crippen molar-refractivity contribution in [1.29, 1.82) is 0 Å². The third kappa shape index (κ3) is 12.9. The van der Waals surface area contributed by atoms with Crippen molar-refractivity contribution in [2.75, 3.05) is 19.8 Å². The van der Waals surface area contributed by atoms with Gasteiger partial charge in [-0.3, -0.25) is 4.79 Å². The smallest absolute Gasteiger partial charge is 0.257 e. The minimum absolute atomic E-state index is 0. The van der Waals surface area contributed by atoms with E-state index in [2.05, 4.69) is 45.3 Å². The predicted molar refractivity (Wildman–Crippen MR) is 143 cm³/mol. The van der Waals surface area contributed by atoms with E-state index in [0.717, 1.165) is 30.8 Å². The Balaban J connectivity index is 0.00000648. The average molecular weight is 611 g/mol. The Morgan fingerprint density at radius 1 is 0.972 bits per heavy atom. The van der Waals surface area contributed by atoms with Crippen LogP contribution in [0.5, 0.6) is 11.5 Å². The fourth-order valence-corrected chi connectivity index (χ4v) is 4.07. The number of unbranched alkanes of at least 4 members (excludes halogenated alkanes) is 7. The van der Waals surface area contributed by atoms with Crippen molar-refractivity contribution in [1.82, 2.24) is 5.32 Å². The number of ether oxygens (including phenoxy) is 2. The summed E-state index contributed by atoms with van der Waals surface area (Å²) in [5.74, 6) is 1.49. The fourth-order valence-electron chi connectivity index (χ4n) is 4.07. The molecule has 1 heterocycles. The van der Waals surface area contributed by atoms with E-state index in [1.54, 1.807) is 0 Å². The van der Waals surface area contributed by atoms with Crippen molar-refractivity contribution < 1.29 is 42.8 Å². The molecular weight excluding hydrogens is 563 g/mol. The zero-order chi connectivity index (χ0) is 25.5. The second-order valence-electron chi connectivity index (χ2n) is 10.5. The third-order valence-electron chi connectivity index (χ3n) is 6.12. The highest BCUT2D eigenvalue weighted by atomic mass is 127. The summed E-state index contributed by atoms with van der Waals surface area (Å²) in [5, 5.41) is 2.94. The second kappa shape index (κ2) is 17.6. The number of aryl methyl sites for hydroxylation is 1. The number of benzene rings is 1. The minimum atomic E-state index is -0.113. The first-order valence-electron chi connectivity index (χ1n) is 13.4. The molecule has 1 amide bonds. The van der Waals surface area contributed by atoms with Crippen LogP contribution in [0.3, 0.4) is 0 Å². The molecule has 6 heteroatoms. The molecule has 0 fully saturated rings. The van der Waals surface area contributed by atoms with E-state index in [9.17, 15) is 4.79 Å². The van der Waals surface area contributed by atoms with Gasteiger partial charge < -0.3 is 38.8 Å². The van der Waals surface area contributed by atoms with Gasteiger partial charge in [0, 0.05) is 23.7 Å². The molecule has 0 aliphatic heterocycles. The normalized spacial score (nSPS) is 11.0. The molecule has 0 spiro atoms. The Morgan fingerprint density at radius 3 is 2.33 bits per heavy atom. The summed E-state index contributed by atoms with van der Waals surface area (Å²) in [4.78, 5) is 12.3. The number of aromatic nitrogens is 1. The number of hydrogen-bond acceptors (Lipinski definition) is 3. The van der Waals surface area contributed by atoms with Crippen LogP contribution in [0.1, 0.15) is 90.2 Å². The van der Waals surface area contributed by atoms with Crippen molar-refractivity contribution in [2.24, 2.45) is 7.05 Å². The Hall–Kier alpha value is -1.83. The van der Waals surface area contributed by atoms with Gasteiger partial charge in [-0.2, -0.15) is 0 Å². The molecular formula is C30H47IN2O3. The van der Waals surface area contributed by atoms with Gasteiger partial charge in [0.2, 0.25) is 0 Å². The Labute approximate surface area is 236 Å². The van der Waals surface area contributed by atoms with Crippen LogP contribution >= 0.6 is 0 Å². The largest absolute Gasteiger partial charge is 1.00 e. The maximum Gasteiger partial charge on any atom is 0.257 e. The van der Waals surface area contributed by atoms with E-state index < -0.39 is 0 Å². The number of nitrogens with one attached hydrogen (secondary N) is 1. The molecule has 0 saturated carbocycles. The number of amides is 1. The van der Waals surface area contributed by atoms with E-state index >= 15 is 0 Å². The van der Waals surface area contributed by atoms with Gasteiger partial charge >= 0.3 is 0 Å². The number of rotatable bonds is 16. The van der Waals surface area contributed by atoms with Gasteiger partial charge in [-0.05, 0) is 42.5 Å². The van der Waals surface area contributed by atoms with Gasteiger partial charge in [0.05, 0.1) is 6.61 Å². The lowest BCUT2D eigenvalue weighted by atomic mass is 9.86. The first-order chi connectivity index (χ1) is 16.8. The van der Waals surface area contributed by atoms with Gasteiger partial charge in [-0.25, -0.2) is 4.57 Å². The van der Waals surface area contributed by atoms with Crippen LogP contribution in [0.4, 0.5) is 0 Å². The van der Waals surface area contributed by atoms with Crippen LogP contribution in [0.2, 0.25) is 0 Å². The number of pyridine rings is 1. The van der Waals surface area contributed by atoms with E-state index in [1.807, 2.05) is 42.1 Å². The molecule has 0 aliphatic carbocycles. The summed E-state index contributed by atoms with van der Waals surface area (Å²) >= 11 is 0. The number of hydrogen-bond donors (Lipinski definition) is 1. The molecule has 5 nitrogen and oxygen atoms in total. The average Bonchev–Trinajstić information content (AvgIpc) is 2.81. The summed E-state index contributed by atoms with van der Waals surface area (Å²) in [6.07, 6.45) is 15.1. The van der Waals surface area contributed by atoms with Crippen LogP contribution in [0.25, 0.3) is 0 Å². The Kier molecular flexibility index (Phi) is 15.7. The first-order valence-corrected chi connectivity index (χ1v) is 13.4. The Morgan fingerprint density at radius 2 is 1.67 bits per heavy atom. The molecule has 0 bridgehead atoms. The standard InChI is InChI=1S/C30H46N2O3.HI/c1-6-7-8-9-10-11-12-13-21-34-28-17-16-26(22-27(28)30(2,3)4)35-24-29(33)31-19-18-25-15-14-20-32(5)23-25;/h14-17,20,22-23H,6-13,18-19,21,24H2,1-5H3;1H. The topological polar surface area (TPSA) is 51.4 Å². The lowest BCUT2D eigenvalue weighted by Crippen LogP contribution is -3.00. The van der Waals surface area contributed by atoms with Crippen LogP contribution in [0.15, 0.2) is 42.7 Å². The molecule has 1 N–H and O–H groups in total. The number of carbonyl (C=O) groups is 1. The molecule has 2 aromatic rings. The number of halogens is 1. The van der Waals surface area contributed by atoms with Crippen LogP contribution < -0.4 is 43.3 Å². The molecule has 0 atom stereocenters. The second-order valence-corrected chi connectivity index (χ2v) is 10.5. The van der Waals surface area contributed by atoms with Crippen molar-refractivity contribution in [3.8, 4) is 11.5 Å². The molecule has 36 heavy (non-hydrogen) atoms. The highest BCUT2D eigenvalue weighted by Gasteiger charge is 2.20. The molecule has 0 aliphatic rings. The monoisotopic (exact) mass is 610 g/mol. The van der Waals surface area contributed by atoms with Crippen molar-refractivity contribution in [2.45, 2.75) is 90.9 Å². The molecule has 2 rings (SSSR count). The summed E-state index contributed by atoms with van der Waals surface area (Å²) in [7, 11) is 1.99. The molecule has 0 unspecified atom stereocenters. The summed E-state index contributed by atoms with van der Waals surface area (Å²) < 4.78 is 14.0. The summed E-state index contributed by atoms with van der Waals surface area (Å²) in [6.45, 7) is 10.1. The van der Waals surface area contributed by atoms with Crippen LogP contribution in [-0.2, 0) is 23.7 Å². The minimum Gasteiger partial charge on any atom is -1.00 e. The quantitative estimate of drug-likeness (QED) is 0.181. The predicted octanol–water partition coefficient (Wildman–Crippen LogP) is 3.07. The van der Waals surface area contributed by atoms with Crippen LogP contribution in [0, 0.1) is 0 Å². The number of carbonyl (C=O) groups excluding carboxylic acids is 1. The summed E-state index contributed by atoms with van der Waals surface area (Å²) in [6, 6.07) is 9.97. The number of nitrogens with zero attached hydrogens (tertiary/aromatic N) is 1. The van der Waals surface area contributed by atoms with Crippen molar-refractivity contribution in [3.63, 3.8) is 0 Å². The zero-order valence-corrected chi connectivity index (χ0v) is 25.2. The molecule has 0 radical (unpaired) electrons. The van der Waals surface area contributed by atoms with E-state index in [-0.39, 0.29) is 41.9 Å². The third-order valence-corrected chi connectivity index (χ3v) is 6.12. The van der Waals surface area contributed by atoms with Gasteiger partial charge in [-0.15, -0.1) is 0 Å². The van der Waals surface area contributed by atoms with E-state index in [0.29, 0.717) is 12.3 Å². The SMILES string of the molecule is CCCCCCCCCCOc1ccc(OCC(=O)NCCc2ccc[n+](C)c2)cc1C(C)(C)C.[I-]. The Bertz CT molecular complexity index is 896. The highest BCUT2D eigenvalue weighted by Crippen LogP contribution is 2.34. The molecule has 1 aromatic carbocycles. The molecule has 202 valence electrons. The highest BCUT2D eigenvalue weighted by molar-refractivity contribution is 5.77. The van der Waals surface area contributed by atoms with Crippen molar-refractivity contribution >= 4 is 5.91 Å².